The highest BCUT2D eigenvalue weighted by Crippen LogP contribution is 2.52. The van der Waals surface area contributed by atoms with Crippen molar-refractivity contribution >= 4 is 60.1 Å². The van der Waals surface area contributed by atoms with E-state index in [1.165, 1.54) is 4.40 Å². The molecule has 0 saturated carbocycles. The topological polar surface area (TPSA) is 145 Å². The fraction of sp³-hybridized carbons (Fsp3) is 0.231. The zero-order chi connectivity index (χ0) is 28.1. The molecule has 0 aliphatic carbocycles. The van der Waals surface area contributed by atoms with E-state index in [0.717, 1.165) is 17.3 Å². The Morgan fingerprint density at radius 2 is 1.93 bits per heavy atom. The normalized spacial score (nSPS) is 24.1. The molecule has 2 unspecified atom stereocenters. The number of aromatic amines is 1. The van der Waals surface area contributed by atoms with Gasteiger partial charge < -0.3 is 29.2 Å². The molecular formula is C26H23N6O6PS2. The summed E-state index contributed by atoms with van der Waals surface area (Å²) in [7, 11) is -1.46. The standard InChI is InChI=1S/C26H23N6O6PS2/c33-18(27-15-9-5-2-6-10-15)13-41-26-29-19-22(32(26)24-20(34)21-17(37-24)12-36-39(40)38-21)30-25-28-16(11-31(25)23(19)35)14-7-3-1-4-8-14/h1-11,17,20-21,24,34,40H,12-13H2,(H,27,33)(H,28,30)/t17?,20?,21-,24-,39-/m1/s1. The van der Waals surface area contributed by atoms with Crippen LogP contribution in [0.3, 0.4) is 0 Å². The first-order chi connectivity index (χ1) is 20.0. The summed E-state index contributed by atoms with van der Waals surface area (Å²) >= 11 is 5.38. The summed E-state index contributed by atoms with van der Waals surface area (Å²) in [5, 5.41) is 14.4. The van der Waals surface area contributed by atoms with Crippen molar-refractivity contribution < 1.29 is 23.7 Å². The lowest BCUT2D eigenvalue weighted by Gasteiger charge is -2.28. The number of carbonyl (C=O) groups excluding carboxylic acids is 1. The lowest BCUT2D eigenvalue weighted by atomic mass is 10.1. The summed E-state index contributed by atoms with van der Waals surface area (Å²) in [6.45, 7) is 0.194. The number of aliphatic hydroxyl groups excluding tert-OH is 1. The second kappa shape index (κ2) is 10.9. The molecule has 41 heavy (non-hydrogen) atoms. The van der Waals surface area contributed by atoms with Gasteiger partial charge in [-0.2, -0.15) is 4.98 Å². The van der Waals surface area contributed by atoms with Crippen LogP contribution in [-0.2, 0) is 18.6 Å². The maximum Gasteiger partial charge on any atom is 0.287 e. The molecule has 15 heteroatoms. The number of anilines is 1. The first-order valence-corrected chi connectivity index (χ1v) is 16.0. The Morgan fingerprint density at radius 3 is 2.71 bits per heavy atom. The molecule has 12 nitrogen and oxygen atoms in total. The molecule has 0 bridgehead atoms. The molecule has 2 aliphatic rings. The number of imidazole rings is 2. The Labute approximate surface area is 243 Å². The first-order valence-electron chi connectivity index (χ1n) is 12.6. The van der Waals surface area contributed by atoms with E-state index in [0.29, 0.717) is 22.3 Å². The minimum atomic E-state index is -1.46. The Kier molecular flexibility index (Phi) is 7.07. The van der Waals surface area contributed by atoms with Crippen LogP contribution in [-0.4, -0.2) is 65.6 Å². The molecule has 210 valence electrons. The summed E-state index contributed by atoms with van der Waals surface area (Å²) in [6, 6.07) is 18.7. The maximum atomic E-state index is 13.7. The molecule has 2 fully saturated rings. The summed E-state index contributed by atoms with van der Waals surface area (Å²) in [5.41, 5.74) is 2.13. The van der Waals surface area contributed by atoms with Gasteiger partial charge in [0.25, 0.3) is 5.56 Å². The third kappa shape index (κ3) is 4.95. The zero-order valence-electron chi connectivity index (χ0n) is 21.2. The molecule has 3 N–H and O–H groups in total. The number of carbonyl (C=O) groups is 1. The Balaban J connectivity index is 1.29. The van der Waals surface area contributed by atoms with Crippen LogP contribution in [0.2, 0.25) is 0 Å². The predicted molar refractivity (Wildman–Crippen MR) is 157 cm³/mol. The van der Waals surface area contributed by atoms with Crippen molar-refractivity contribution in [3.05, 3.63) is 77.2 Å². The lowest BCUT2D eigenvalue weighted by molar-refractivity contribution is -0.113. The molecule has 5 heterocycles. The minimum absolute atomic E-state index is 0.00715. The second-order valence-corrected chi connectivity index (χ2v) is 12.3. The number of hydrogen-bond acceptors (Lipinski definition) is 10. The number of rotatable bonds is 6. The largest absolute Gasteiger partial charge is 0.386 e. The maximum absolute atomic E-state index is 13.7. The van der Waals surface area contributed by atoms with Gasteiger partial charge >= 0.3 is 0 Å². The van der Waals surface area contributed by atoms with Crippen LogP contribution < -0.4 is 10.9 Å². The van der Waals surface area contributed by atoms with Crippen LogP contribution in [0.4, 0.5) is 5.69 Å². The molecule has 3 aromatic heterocycles. The van der Waals surface area contributed by atoms with Gasteiger partial charge in [0.05, 0.1) is 18.1 Å². The average molecular weight is 611 g/mol. The van der Waals surface area contributed by atoms with Gasteiger partial charge in [-0.05, 0) is 17.7 Å². The highest BCUT2D eigenvalue weighted by molar-refractivity contribution is 8.41. The van der Waals surface area contributed by atoms with Gasteiger partial charge in [-0.25, -0.2) is 9.38 Å². The average Bonchev–Trinajstić information content (AvgIpc) is 3.67. The predicted octanol–water partition coefficient (Wildman–Crippen LogP) is 3.60. The molecular weight excluding hydrogens is 587 g/mol. The molecule has 2 aromatic carbocycles. The molecule has 1 amide bonds. The number of aromatic nitrogens is 5. The molecule has 0 spiro atoms. The number of thiol groups is 1. The van der Waals surface area contributed by atoms with Crippen molar-refractivity contribution in [1.29, 1.82) is 0 Å². The van der Waals surface area contributed by atoms with Crippen LogP contribution in [0.1, 0.15) is 6.23 Å². The minimum Gasteiger partial charge on any atom is -0.386 e. The molecule has 2 saturated heterocycles. The Morgan fingerprint density at radius 1 is 1.17 bits per heavy atom. The SMILES string of the molecule is O=C(CSc1nc2c(=O)n3cc(-c4ccccc4)[nH]c3nc2n1[C@@H]1OC2CO[P@@](S)O[C@H]2C1O)Nc1ccccc1. The zero-order valence-corrected chi connectivity index (χ0v) is 23.8. The summed E-state index contributed by atoms with van der Waals surface area (Å²) in [4.78, 5) is 38.9. The number of amides is 1. The molecule has 0 radical (unpaired) electrons. The lowest BCUT2D eigenvalue weighted by Crippen LogP contribution is -2.37. The van der Waals surface area contributed by atoms with E-state index in [-0.39, 0.29) is 29.4 Å². The van der Waals surface area contributed by atoms with E-state index in [2.05, 4.69) is 27.5 Å². The Hall–Kier alpha value is -3.23. The van der Waals surface area contributed by atoms with Crippen LogP contribution in [0.25, 0.3) is 28.2 Å². The number of aliphatic hydroxyl groups is 1. The van der Waals surface area contributed by atoms with Crippen LogP contribution in [0, 0.1) is 0 Å². The van der Waals surface area contributed by atoms with Gasteiger partial charge in [0, 0.05) is 11.9 Å². The number of nitrogens with one attached hydrogen (secondary N) is 2. The molecule has 5 atom stereocenters. The molecule has 2 aliphatic heterocycles. The van der Waals surface area contributed by atoms with E-state index in [9.17, 15) is 14.7 Å². The van der Waals surface area contributed by atoms with Gasteiger partial charge in [-0.3, -0.25) is 14.2 Å². The smallest absolute Gasteiger partial charge is 0.287 e. The number of benzene rings is 2. The third-order valence-electron chi connectivity index (χ3n) is 6.82. The summed E-state index contributed by atoms with van der Waals surface area (Å²) < 4.78 is 20.4. The van der Waals surface area contributed by atoms with Crippen LogP contribution >= 0.6 is 31.6 Å². The number of thioether (sulfide) groups is 1. The van der Waals surface area contributed by atoms with Crippen LogP contribution in [0.5, 0.6) is 0 Å². The van der Waals surface area contributed by atoms with Crippen molar-refractivity contribution in [3.63, 3.8) is 0 Å². The third-order valence-corrected chi connectivity index (χ3v) is 9.19. The van der Waals surface area contributed by atoms with E-state index in [1.54, 1.807) is 22.9 Å². The van der Waals surface area contributed by atoms with Gasteiger partial charge in [-0.15, -0.1) is 0 Å². The van der Waals surface area contributed by atoms with Gasteiger partial charge in [0.2, 0.25) is 19.3 Å². The number of nitrogens with zero attached hydrogens (tertiary/aromatic N) is 4. The summed E-state index contributed by atoms with van der Waals surface area (Å²) in [6.07, 6.45) is -1.69. The highest BCUT2D eigenvalue weighted by atomic mass is 32.7. The van der Waals surface area contributed by atoms with Crippen molar-refractivity contribution in [3.8, 4) is 11.3 Å². The van der Waals surface area contributed by atoms with E-state index < -0.39 is 37.7 Å². The van der Waals surface area contributed by atoms with Crippen LogP contribution in [0.15, 0.2) is 76.8 Å². The van der Waals surface area contributed by atoms with Crippen molar-refractivity contribution in [2.45, 2.75) is 29.7 Å². The van der Waals surface area contributed by atoms with Gasteiger partial charge in [0.1, 0.15) is 18.3 Å². The van der Waals surface area contributed by atoms with Crippen molar-refractivity contribution in [1.82, 2.24) is 23.9 Å². The van der Waals surface area contributed by atoms with Gasteiger partial charge in [0.15, 0.2) is 22.5 Å². The van der Waals surface area contributed by atoms with E-state index in [1.807, 2.05) is 48.5 Å². The second-order valence-electron chi connectivity index (χ2n) is 9.44. The monoisotopic (exact) mass is 610 g/mol. The van der Waals surface area contributed by atoms with Crippen molar-refractivity contribution in [2.24, 2.45) is 0 Å². The number of para-hydroxylation sites is 1. The Bertz CT molecular complexity index is 1800. The number of ether oxygens (including phenoxy) is 1. The number of H-pyrrole nitrogens is 1. The quantitative estimate of drug-likeness (QED) is 0.129. The molecule has 5 aromatic rings. The summed E-state index contributed by atoms with van der Waals surface area (Å²) in [5.74, 6) is 0.0274. The van der Waals surface area contributed by atoms with Gasteiger partial charge in [-0.1, -0.05) is 72.5 Å². The van der Waals surface area contributed by atoms with Crippen molar-refractivity contribution in [2.75, 3.05) is 17.7 Å². The van der Waals surface area contributed by atoms with E-state index in [4.69, 9.17) is 18.8 Å². The van der Waals surface area contributed by atoms with E-state index >= 15 is 0 Å². The fourth-order valence-electron chi connectivity index (χ4n) is 4.92. The highest BCUT2D eigenvalue weighted by Gasteiger charge is 2.50. The molecule has 7 rings (SSSR count). The first kappa shape index (κ1) is 26.7. The number of hydrogen-bond donors (Lipinski definition) is 4. The number of fused-ring (bicyclic) bond motifs is 3. The fourth-order valence-corrected chi connectivity index (χ4v) is 7.07.